The van der Waals surface area contributed by atoms with Crippen molar-refractivity contribution in [1.82, 2.24) is 0 Å². The number of nitrogens with two attached hydrogens (primary N) is 1. The number of hydrogen-bond acceptors (Lipinski definition) is 2. The molecule has 0 atom stereocenters. The highest BCUT2D eigenvalue weighted by atomic mass is 35.5. The quantitative estimate of drug-likeness (QED) is 0.575. The van der Waals surface area contributed by atoms with Gasteiger partial charge in [-0.3, -0.25) is 0 Å². The van der Waals surface area contributed by atoms with Gasteiger partial charge in [-0.05, 0) is 92.1 Å². The van der Waals surface area contributed by atoms with Gasteiger partial charge in [0, 0.05) is 15.6 Å². The SMILES string of the molecule is Nc1ccc(Cl)cc1SCCC12CC3CC(CC(C3)C1)C2. The van der Waals surface area contributed by atoms with Crippen molar-refractivity contribution in [3.8, 4) is 0 Å². The molecule has 1 nitrogen and oxygen atoms in total. The van der Waals surface area contributed by atoms with Crippen LogP contribution in [0.1, 0.15) is 44.9 Å². The van der Waals surface area contributed by atoms with Gasteiger partial charge in [-0.25, -0.2) is 0 Å². The first-order valence-corrected chi connectivity index (χ1v) is 9.66. The second-order valence-electron chi connectivity index (χ2n) is 7.70. The maximum absolute atomic E-state index is 6.08. The van der Waals surface area contributed by atoms with Crippen LogP contribution in [0.4, 0.5) is 5.69 Å². The molecule has 4 bridgehead atoms. The van der Waals surface area contributed by atoms with Gasteiger partial charge in [-0.1, -0.05) is 11.6 Å². The number of halogens is 1. The van der Waals surface area contributed by atoms with Crippen molar-refractivity contribution in [3.63, 3.8) is 0 Å². The van der Waals surface area contributed by atoms with Crippen molar-refractivity contribution in [2.24, 2.45) is 23.2 Å². The first kappa shape index (κ1) is 14.3. The number of benzene rings is 1. The summed E-state index contributed by atoms with van der Waals surface area (Å²) in [5, 5.41) is 0.793. The molecule has 0 unspecified atom stereocenters. The molecule has 1 aromatic rings. The summed E-state index contributed by atoms with van der Waals surface area (Å²) in [5.41, 5.74) is 7.60. The number of anilines is 1. The molecule has 3 heteroatoms. The van der Waals surface area contributed by atoms with E-state index >= 15 is 0 Å². The smallest absolute Gasteiger partial charge is 0.0453 e. The lowest BCUT2D eigenvalue weighted by atomic mass is 9.49. The molecule has 21 heavy (non-hydrogen) atoms. The van der Waals surface area contributed by atoms with Gasteiger partial charge in [-0.15, -0.1) is 11.8 Å². The van der Waals surface area contributed by atoms with Crippen LogP contribution in [0, 0.1) is 23.2 Å². The Kier molecular flexibility index (Phi) is 3.66. The van der Waals surface area contributed by atoms with Crippen LogP contribution >= 0.6 is 23.4 Å². The third-order valence-electron chi connectivity index (χ3n) is 6.03. The van der Waals surface area contributed by atoms with E-state index in [-0.39, 0.29) is 0 Å². The van der Waals surface area contributed by atoms with Crippen molar-refractivity contribution in [2.75, 3.05) is 11.5 Å². The molecular formula is C18H24ClNS. The lowest BCUT2D eigenvalue weighted by Gasteiger charge is -2.57. The van der Waals surface area contributed by atoms with Gasteiger partial charge >= 0.3 is 0 Å². The lowest BCUT2D eigenvalue weighted by Crippen LogP contribution is -2.46. The topological polar surface area (TPSA) is 26.0 Å². The molecule has 1 aromatic carbocycles. The standard InChI is InChI=1S/C18H24ClNS/c19-15-1-2-16(20)17(8-15)21-4-3-18-9-12-5-13(10-18)7-14(6-12)11-18/h1-2,8,12-14H,3-7,9-11,20H2. The van der Waals surface area contributed by atoms with Gasteiger partial charge in [-0.2, -0.15) is 0 Å². The predicted molar refractivity (Wildman–Crippen MR) is 91.8 cm³/mol. The minimum atomic E-state index is 0.676. The summed E-state index contributed by atoms with van der Waals surface area (Å²) in [6.45, 7) is 0. The monoisotopic (exact) mass is 321 g/mol. The molecule has 0 aliphatic heterocycles. The Labute approximate surface area is 137 Å². The molecule has 0 heterocycles. The Morgan fingerprint density at radius 3 is 2.33 bits per heavy atom. The number of hydrogen-bond donors (Lipinski definition) is 1. The van der Waals surface area contributed by atoms with Crippen LogP contribution in [0.3, 0.4) is 0 Å². The molecule has 0 saturated heterocycles. The third-order valence-corrected chi connectivity index (χ3v) is 7.34. The Bertz CT molecular complexity index is 507. The van der Waals surface area contributed by atoms with Crippen molar-refractivity contribution in [2.45, 2.75) is 49.8 Å². The van der Waals surface area contributed by atoms with E-state index in [0.717, 1.165) is 33.4 Å². The normalized spacial score (nSPS) is 37.1. The Balaban J connectivity index is 1.40. The van der Waals surface area contributed by atoms with Crippen LogP contribution in [0.2, 0.25) is 5.02 Å². The highest BCUT2D eigenvalue weighted by Crippen LogP contribution is 2.61. The van der Waals surface area contributed by atoms with Crippen LogP contribution in [0.15, 0.2) is 23.1 Å². The highest BCUT2D eigenvalue weighted by Gasteiger charge is 2.50. The highest BCUT2D eigenvalue weighted by molar-refractivity contribution is 7.99. The summed E-state index contributed by atoms with van der Waals surface area (Å²) in [7, 11) is 0. The van der Waals surface area contributed by atoms with E-state index in [4.69, 9.17) is 17.3 Å². The second kappa shape index (κ2) is 5.38. The largest absolute Gasteiger partial charge is 0.398 e. The summed E-state index contributed by atoms with van der Waals surface area (Å²) in [6, 6.07) is 5.82. The molecule has 2 N–H and O–H groups in total. The fourth-order valence-corrected chi connectivity index (χ4v) is 7.04. The van der Waals surface area contributed by atoms with Crippen molar-refractivity contribution >= 4 is 29.1 Å². The van der Waals surface area contributed by atoms with Gasteiger partial charge < -0.3 is 5.73 Å². The zero-order valence-corrected chi connectivity index (χ0v) is 14.1. The summed E-state index contributed by atoms with van der Waals surface area (Å²) >= 11 is 7.98. The van der Waals surface area contributed by atoms with E-state index < -0.39 is 0 Å². The minimum absolute atomic E-state index is 0.676. The van der Waals surface area contributed by atoms with E-state index in [1.165, 1.54) is 50.7 Å². The molecule has 4 saturated carbocycles. The summed E-state index contributed by atoms with van der Waals surface area (Å²) < 4.78 is 0. The zero-order chi connectivity index (χ0) is 14.4. The molecule has 4 fully saturated rings. The van der Waals surface area contributed by atoms with Crippen LogP contribution in [0.25, 0.3) is 0 Å². The van der Waals surface area contributed by atoms with E-state index in [1.54, 1.807) is 0 Å². The average Bonchev–Trinajstić information content (AvgIpc) is 2.41. The molecule has 0 aromatic heterocycles. The van der Waals surface area contributed by atoms with Gasteiger partial charge in [0.1, 0.15) is 0 Å². The Morgan fingerprint density at radius 2 is 1.71 bits per heavy atom. The van der Waals surface area contributed by atoms with Crippen molar-refractivity contribution < 1.29 is 0 Å². The maximum Gasteiger partial charge on any atom is 0.0453 e. The first-order valence-electron chi connectivity index (χ1n) is 8.30. The zero-order valence-electron chi connectivity index (χ0n) is 12.5. The third kappa shape index (κ3) is 2.82. The van der Waals surface area contributed by atoms with Gasteiger partial charge in [0.2, 0.25) is 0 Å². The summed E-state index contributed by atoms with van der Waals surface area (Å²) in [5.74, 6) is 4.35. The molecule has 0 amide bonds. The van der Waals surface area contributed by atoms with Crippen molar-refractivity contribution in [3.05, 3.63) is 23.2 Å². The van der Waals surface area contributed by atoms with E-state index in [2.05, 4.69) is 0 Å². The maximum atomic E-state index is 6.08. The molecule has 4 aliphatic carbocycles. The first-order chi connectivity index (χ1) is 10.1. The molecule has 114 valence electrons. The van der Waals surface area contributed by atoms with E-state index in [0.29, 0.717) is 5.41 Å². The number of nitrogen functional groups attached to an aromatic ring is 1. The Hall–Kier alpha value is -0.340. The lowest BCUT2D eigenvalue weighted by molar-refractivity contribution is -0.0538. The predicted octanol–water partition coefficient (Wildman–Crippen LogP) is 5.62. The van der Waals surface area contributed by atoms with Gasteiger partial charge in [0.25, 0.3) is 0 Å². The fourth-order valence-electron chi connectivity index (χ4n) is 5.61. The van der Waals surface area contributed by atoms with Crippen LogP contribution < -0.4 is 5.73 Å². The molecular weight excluding hydrogens is 298 g/mol. The number of rotatable bonds is 4. The second-order valence-corrected chi connectivity index (χ2v) is 9.27. The number of thioether (sulfide) groups is 1. The van der Waals surface area contributed by atoms with Crippen LogP contribution in [-0.4, -0.2) is 5.75 Å². The van der Waals surface area contributed by atoms with Crippen LogP contribution in [-0.2, 0) is 0 Å². The van der Waals surface area contributed by atoms with E-state index in [1.807, 2.05) is 30.0 Å². The fraction of sp³-hybridized carbons (Fsp3) is 0.667. The molecule has 0 radical (unpaired) electrons. The summed E-state index contributed by atoms with van der Waals surface area (Å²) in [4.78, 5) is 1.16. The Morgan fingerprint density at radius 1 is 1.10 bits per heavy atom. The van der Waals surface area contributed by atoms with Crippen LogP contribution in [0.5, 0.6) is 0 Å². The van der Waals surface area contributed by atoms with E-state index in [9.17, 15) is 0 Å². The minimum Gasteiger partial charge on any atom is -0.398 e. The average molecular weight is 322 g/mol. The van der Waals surface area contributed by atoms with Crippen molar-refractivity contribution in [1.29, 1.82) is 0 Å². The molecule has 5 rings (SSSR count). The molecule has 4 aliphatic rings. The van der Waals surface area contributed by atoms with Gasteiger partial charge in [0.05, 0.1) is 0 Å². The van der Waals surface area contributed by atoms with Gasteiger partial charge in [0.15, 0.2) is 0 Å². The summed E-state index contributed by atoms with van der Waals surface area (Å²) in [6.07, 6.45) is 10.5. The molecule has 0 spiro atoms.